The van der Waals surface area contributed by atoms with Gasteiger partial charge >= 0.3 is 0 Å². The third-order valence-electron chi connectivity index (χ3n) is 2.94. The van der Waals surface area contributed by atoms with E-state index in [2.05, 4.69) is 5.32 Å². The fraction of sp³-hybridized carbons (Fsp3) is 0.833. The lowest BCUT2D eigenvalue weighted by Gasteiger charge is -2.29. The average Bonchev–Trinajstić information content (AvgIpc) is 2.63. The standard InChI is InChI=1S/C12H22N2O2.ClH/c1-12(2,3)11(16)9-6-5-7-14(9)10(15)8-13-4;/h9,13H,5-8H2,1-4H3;1H/t9-;/m0./s1. The van der Waals surface area contributed by atoms with E-state index in [0.29, 0.717) is 13.1 Å². The number of likely N-dealkylation sites (N-methyl/N-ethyl adjacent to an activating group) is 1. The van der Waals surface area contributed by atoms with Crippen LogP contribution in [0.1, 0.15) is 33.6 Å². The molecule has 100 valence electrons. The van der Waals surface area contributed by atoms with Crippen LogP contribution in [0.5, 0.6) is 0 Å². The van der Waals surface area contributed by atoms with E-state index in [-0.39, 0.29) is 35.6 Å². The van der Waals surface area contributed by atoms with Crippen molar-refractivity contribution in [2.75, 3.05) is 20.1 Å². The van der Waals surface area contributed by atoms with Gasteiger partial charge in [0.25, 0.3) is 0 Å². The first-order chi connectivity index (χ1) is 7.38. The lowest BCUT2D eigenvalue weighted by molar-refractivity contribution is -0.140. The number of hydrogen-bond acceptors (Lipinski definition) is 3. The summed E-state index contributed by atoms with van der Waals surface area (Å²) in [6, 6.07) is -0.208. The first kappa shape index (κ1) is 16.4. The molecule has 0 aromatic heterocycles. The molecular formula is C12H23ClN2O2. The molecule has 0 radical (unpaired) electrons. The second kappa shape index (κ2) is 6.36. The number of ketones is 1. The van der Waals surface area contributed by atoms with Gasteiger partial charge in [-0.1, -0.05) is 20.8 Å². The Bertz CT molecular complexity index is 287. The first-order valence-corrected chi connectivity index (χ1v) is 5.86. The van der Waals surface area contributed by atoms with Crippen LogP contribution in [0.25, 0.3) is 0 Å². The minimum absolute atomic E-state index is 0. The van der Waals surface area contributed by atoms with Crippen molar-refractivity contribution in [3.63, 3.8) is 0 Å². The SMILES string of the molecule is CNCC(=O)N1CCC[C@H]1C(=O)C(C)(C)C.Cl. The third-order valence-corrected chi connectivity index (χ3v) is 2.94. The van der Waals surface area contributed by atoms with E-state index >= 15 is 0 Å². The summed E-state index contributed by atoms with van der Waals surface area (Å²) in [5.74, 6) is 0.206. The molecule has 0 spiro atoms. The third kappa shape index (κ3) is 3.96. The number of nitrogens with zero attached hydrogens (tertiary/aromatic N) is 1. The predicted molar refractivity (Wildman–Crippen MR) is 70.4 cm³/mol. The van der Waals surface area contributed by atoms with Crippen molar-refractivity contribution in [1.82, 2.24) is 10.2 Å². The zero-order valence-electron chi connectivity index (χ0n) is 11.1. The number of nitrogens with one attached hydrogen (secondary N) is 1. The van der Waals surface area contributed by atoms with Crippen molar-refractivity contribution >= 4 is 24.1 Å². The Morgan fingerprint density at radius 2 is 1.94 bits per heavy atom. The van der Waals surface area contributed by atoms with Crippen LogP contribution in [0, 0.1) is 5.41 Å². The van der Waals surface area contributed by atoms with Crippen molar-refractivity contribution in [2.24, 2.45) is 5.41 Å². The fourth-order valence-electron chi connectivity index (χ4n) is 2.09. The second-order valence-corrected chi connectivity index (χ2v) is 5.39. The van der Waals surface area contributed by atoms with Crippen LogP contribution in [0.3, 0.4) is 0 Å². The lowest BCUT2D eigenvalue weighted by atomic mass is 9.85. The fourth-order valence-corrected chi connectivity index (χ4v) is 2.09. The molecule has 1 amide bonds. The van der Waals surface area contributed by atoms with Crippen LogP contribution in [0.15, 0.2) is 0 Å². The van der Waals surface area contributed by atoms with Gasteiger partial charge in [-0.3, -0.25) is 9.59 Å². The highest BCUT2D eigenvalue weighted by molar-refractivity contribution is 5.93. The van der Waals surface area contributed by atoms with Gasteiger partial charge in [0.1, 0.15) is 0 Å². The normalized spacial score (nSPS) is 20.0. The number of carbonyl (C=O) groups is 2. The molecule has 0 aromatic carbocycles. The summed E-state index contributed by atoms with van der Waals surface area (Å²) in [6.07, 6.45) is 1.74. The lowest BCUT2D eigenvalue weighted by Crippen LogP contribution is -2.47. The molecule has 1 N–H and O–H groups in total. The van der Waals surface area contributed by atoms with Gasteiger partial charge in [0.15, 0.2) is 5.78 Å². The number of halogens is 1. The minimum atomic E-state index is -0.368. The van der Waals surface area contributed by atoms with Gasteiger partial charge in [0.2, 0.25) is 5.91 Å². The molecule has 0 saturated carbocycles. The van der Waals surface area contributed by atoms with E-state index < -0.39 is 0 Å². The number of likely N-dealkylation sites (tertiary alicyclic amines) is 1. The molecule has 1 saturated heterocycles. The number of amides is 1. The molecule has 0 aromatic rings. The molecule has 4 nitrogen and oxygen atoms in total. The Hall–Kier alpha value is -0.610. The Morgan fingerprint density at radius 1 is 1.35 bits per heavy atom. The van der Waals surface area contributed by atoms with Crippen LogP contribution >= 0.6 is 12.4 Å². The highest BCUT2D eigenvalue weighted by Crippen LogP contribution is 2.26. The van der Waals surface area contributed by atoms with Gasteiger partial charge in [-0.05, 0) is 19.9 Å². The minimum Gasteiger partial charge on any atom is -0.332 e. The van der Waals surface area contributed by atoms with E-state index in [1.165, 1.54) is 0 Å². The second-order valence-electron chi connectivity index (χ2n) is 5.39. The molecule has 1 rings (SSSR count). The smallest absolute Gasteiger partial charge is 0.237 e. The van der Waals surface area contributed by atoms with Gasteiger partial charge in [0.05, 0.1) is 12.6 Å². The molecule has 1 atom stereocenters. The number of hydrogen-bond donors (Lipinski definition) is 1. The molecule has 1 aliphatic heterocycles. The average molecular weight is 263 g/mol. The maximum Gasteiger partial charge on any atom is 0.237 e. The molecule has 0 unspecified atom stereocenters. The Kier molecular flexibility index (Phi) is 6.13. The Balaban J connectivity index is 0.00000256. The highest BCUT2D eigenvalue weighted by Gasteiger charge is 2.38. The maximum atomic E-state index is 12.2. The van der Waals surface area contributed by atoms with E-state index in [0.717, 1.165) is 12.8 Å². The molecule has 0 bridgehead atoms. The first-order valence-electron chi connectivity index (χ1n) is 5.86. The predicted octanol–water partition coefficient (Wildman–Crippen LogP) is 1.23. The van der Waals surface area contributed by atoms with Gasteiger partial charge in [-0.15, -0.1) is 12.4 Å². The summed E-state index contributed by atoms with van der Waals surface area (Å²) >= 11 is 0. The molecule has 0 aliphatic carbocycles. The number of rotatable bonds is 3. The Morgan fingerprint density at radius 3 is 2.41 bits per heavy atom. The van der Waals surface area contributed by atoms with E-state index in [9.17, 15) is 9.59 Å². The van der Waals surface area contributed by atoms with Crippen LogP contribution in [-0.4, -0.2) is 42.8 Å². The molecular weight excluding hydrogens is 240 g/mol. The summed E-state index contributed by atoms with van der Waals surface area (Å²) < 4.78 is 0. The topological polar surface area (TPSA) is 49.4 Å². The maximum absolute atomic E-state index is 12.2. The van der Waals surface area contributed by atoms with Gasteiger partial charge in [-0.25, -0.2) is 0 Å². The monoisotopic (exact) mass is 262 g/mol. The van der Waals surface area contributed by atoms with Crippen LogP contribution in [0.2, 0.25) is 0 Å². The van der Waals surface area contributed by atoms with Crippen molar-refractivity contribution in [3.8, 4) is 0 Å². The summed E-state index contributed by atoms with van der Waals surface area (Å²) in [4.78, 5) is 25.7. The zero-order chi connectivity index (χ0) is 12.3. The van der Waals surface area contributed by atoms with E-state index in [1.807, 2.05) is 20.8 Å². The quantitative estimate of drug-likeness (QED) is 0.833. The zero-order valence-corrected chi connectivity index (χ0v) is 11.9. The van der Waals surface area contributed by atoms with Gasteiger partial charge in [-0.2, -0.15) is 0 Å². The summed E-state index contributed by atoms with van der Waals surface area (Å²) in [5, 5.41) is 2.84. The van der Waals surface area contributed by atoms with Crippen molar-refractivity contribution in [2.45, 2.75) is 39.7 Å². The van der Waals surface area contributed by atoms with E-state index in [1.54, 1.807) is 11.9 Å². The summed E-state index contributed by atoms with van der Waals surface area (Å²) in [5.41, 5.74) is -0.368. The summed E-state index contributed by atoms with van der Waals surface area (Å²) in [6.45, 7) is 6.76. The van der Waals surface area contributed by atoms with Crippen LogP contribution < -0.4 is 5.32 Å². The van der Waals surface area contributed by atoms with Crippen molar-refractivity contribution in [3.05, 3.63) is 0 Å². The van der Waals surface area contributed by atoms with Crippen LogP contribution in [0.4, 0.5) is 0 Å². The molecule has 17 heavy (non-hydrogen) atoms. The Labute approximate surface area is 110 Å². The number of carbonyl (C=O) groups excluding carboxylic acids is 2. The molecule has 1 aliphatic rings. The van der Waals surface area contributed by atoms with Crippen molar-refractivity contribution < 1.29 is 9.59 Å². The summed E-state index contributed by atoms with van der Waals surface area (Å²) in [7, 11) is 1.74. The van der Waals surface area contributed by atoms with Crippen LogP contribution in [-0.2, 0) is 9.59 Å². The number of Topliss-reactive ketones (excluding diaryl/α,β-unsaturated/α-hetero) is 1. The highest BCUT2D eigenvalue weighted by atomic mass is 35.5. The largest absolute Gasteiger partial charge is 0.332 e. The van der Waals surface area contributed by atoms with Gasteiger partial charge < -0.3 is 10.2 Å². The van der Waals surface area contributed by atoms with Crippen molar-refractivity contribution in [1.29, 1.82) is 0 Å². The van der Waals surface area contributed by atoms with E-state index in [4.69, 9.17) is 0 Å². The molecule has 1 fully saturated rings. The molecule has 5 heteroatoms. The van der Waals surface area contributed by atoms with Gasteiger partial charge in [0, 0.05) is 12.0 Å². The molecule has 1 heterocycles.